The number of aryl methyl sites for hydroxylation is 1. The molecule has 0 aliphatic heterocycles. The summed E-state index contributed by atoms with van der Waals surface area (Å²) in [5, 5.41) is 10.4. The van der Waals surface area contributed by atoms with Crippen LogP contribution < -0.4 is 0 Å². The van der Waals surface area contributed by atoms with E-state index in [1.54, 1.807) is 11.3 Å². The number of hydrogen-bond donors (Lipinski definition) is 2. The highest BCUT2D eigenvalue weighted by molar-refractivity contribution is 8.00. The molecule has 0 saturated carbocycles. The number of hydrogen-bond acceptors (Lipinski definition) is 5. The van der Waals surface area contributed by atoms with Crippen LogP contribution >= 0.6 is 23.1 Å². The number of carbonyl (C=O) groups excluding carboxylic acids is 1. The van der Waals surface area contributed by atoms with E-state index in [1.165, 1.54) is 11.8 Å². The van der Waals surface area contributed by atoms with Crippen molar-refractivity contribution in [3.63, 3.8) is 0 Å². The molecular formula is C18H16N4OS2. The first-order chi connectivity index (χ1) is 12.1. The number of nitrogens with one attached hydrogen (secondary N) is 2. The van der Waals surface area contributed by atoms with Crippen molar-refractivity contribution < 1.29 is 4.79 Å². The number of para-hydroxylation sites is 1. The van der Waals surface area contributed by atoms with E-state index < -0.39 is 0 Å². The Kier molecular flexibility index (Phi) is 4.19. The second-order valence-corrected chi connectivity index (χ2v) is 7.99. The van der Waals surface area contributed by atoms with E-state index in [1.807, 2.05) is 55.6 Å². The first-order valence-electron chi connectivity index (χ1n) is 7.88. The molecule has 3 aromatic heterocycles. The maximum atomic E-state index is 13.0. The van der Waals surface area contributed by atoms with Crippen LogP contribution in [0.1, 0.15) is 23.0 Å². The number of benzene rings is 1. The average Bonchev–Trinajstić information content (AvgIpc) is 3.32. The van der Waals surface area contributed by atoms with Crippen LogP contribution in [0, 0.1) is 6.92 Å². The van der Waals surface area contributed by atoms with Crippen LogP contribution in [0.25, 0.3) is 21.6 Å². The second kappa shape index (κ2) is 6.50. The smallest absolute Gasteiger partial charge is 0.209 e. The van der Waals surface area contributed by atoms with Crippen LogP contribution in [-0.2, 0) is 0 Å². The van der Waals surface area contributed by atoms with Gasteiger partial charge in [-0.2, -0.15) is 0 Å². The van der Waals surface area contributed by atoms with Crippen LogP contribution in [0.5, 0.6) is 0 Å². The molecule has 2 N–H and O–H groups in total. The SMILES string of the molecule is Cc1[nH]c2ccccc2c1C(=O)[C@@H](C)Sc1n[nH]c(-c2cccs2)n1. The molecule has 1 atom stereocenters. The molecule has 7 heteroatoms. The van der Waals surface area contributed by atoms with Crippen molar-refractivity contribution in [1.82, 2.24) is 20.2 Å². The summed E-state index contributed by atoms with van der Waals surface area (Å²) in [7, 11) is 0. The number of ketones is 1. The Morgan fingerprint density at radius 3 is 2.88 bits per heavy atom. The standard InChI is InChI=1S/C18H16N4OS2/c1-10-15(12-6-3-4-7-13(12)19-10)16(23)11(2)25-18-20-17(21-22-18)14-8-5-9-24-14/h3-9,11,19H,1-2H3,(H,20,21,22)/t11-/m1/s1. The summed E-state index contributed by atoms with van der Waals surface area (Å²) in [5.41, 5.74) is 2.64. The summed E-state index contributed by atoms with van der Waals surface area (Å²) in [6.07, 6.45) is 0. The molecule has 0 aliphatic carbocycles. The van der Waals surface area contributed by atoms with Crippen LogP contribution in [0.3, 0.4) is 0 Å². The number of aromatic nitrogens is 4. The van der Waals surface area contributed by atoms with Gasteiger partial charge in [-0.3, -0.25) is 9.89 Å². The summed E-state index contributed by atoms with van der Waals surface area (Å²) in [6.45, 7) is 3.84. The van der Waals surface area contributed by atoms with Gasteiger partial charge in [-0.25, -0.2) is 4.98 Å². The maximum Gasteiger partial charge on any atom is 0.209 e. The number of aromatic amines is 2. The Labute approximate surface area is 152 Å². The Bertz CT molecular complexity index is 1030. The maximum absolute atomic E-state index is 13.0. The molecule has 5 nitrogen and oxygen atoms in total. The molecular weight excluding hydrogens is 352 g/mol. The van der Waals surface area contributed by atoms with E-state index in [0.29, 0.717) is 5.16 Å². The predicted molar refractivity (Wildman–Crippen MR) is 102 cm³/mol. The van der Waals surface area contributed by atoms with Gasteiger partial charge in [-0.05, 0) is 31.4 Å². The lowest BCUT2D eigenvalue weighted by molar-refractivity contribution is 0.0995. The molecule has 4 rings (SSSR count). The van der Waals surface area contributed by atoms with Gasteiger partial charge in [0.2, 0.25) is 5.16 Å². The van der Waals surface area contributed by atoms with Crippen LogP contribution in [0.2, 0.25) is 0 Å². The molecule has 25 heavy (non-hydrogen) atoms. The predicted octanol–water partition coefficient (Wildman–Crippen LogP) is 4.69. The van der Waals surface area contributed by atoms with Crippen LogP contribution in [0.4, 0.5) is 0 Å². The lowest BCUT2D eigenvalue weighted by Gasteiger charge is -2.08. The number of fused-ring (bicyclic) bond motifs is 1. The van der Waals surface area contributed by atoms with E-state index in [0.717, 1.165) is 32.9 Å². The molecule has 4 aromatic rings. The second-order valence-electron chi connectivity index (χ2n) is 5.74. The zero-order chi connectivity index (χ0) is 17.4. The van der Waals surface area contributed by atoms with Gasteiger partial charge >= 0.3 is 0 Å². The van der Waals surface area contributed by atoms with Crippen molar-refractivity contribution >= 4 is 39.8 Å². The molecule has 0 aliphatic rings. The van der Waals surface area contributed by atoms with E-state index in [-0.39, 0.29) is 11.0 Å². The molecule has 1 aromatic carbocycles. The molecule has 0 unspecified atom stereocenters. The van der Waals surface area contributed by atoms with Crippen molar-refractivity contribution in [2.24, 2.45) is 0 Å². The average molecular weight is 368 g/mol. The van der Waals surface area contributed by atoms with Gasteiger partial charge in [-0.1, -0.05) is 36.0 Å². The zero-order valence-corrected chi connectivity index (χ0v) is 15.4. The molecule has 0 radical (unpaired) electrons. The molecule has 0 fully saturated rings. The monoisotopic (exact) mass is 368 g/mol. The lowest BCUT2D eigenvalue weighted by Crippen LogP contribution is -2.14. The van der Waals surface area contributed by atoms with E-state index in [2.05, 4.69) is 20.2 Å². The molecule has 126 valence electrons. The number of thiophene rings is 1. The third kappa shape index (κ3) is 3.01. The number of Topliss-reactive ketones (excluding diaryl/α,β-unsaturated/α-hetero) is 1. The number of thioether (sulfide) groups is 1. The fraction of sp³-hybridized carbons (Fsp3) is 0.167. The Morgan fingerprint density at radius 1 is 1.24 bits per heavy atom. The quantitative estimate of drug-likeness (QED) is 0.396. The highest BCUT2D eigenvalue weighted by atomic mass is 32.2. The van der Waals surface area contributed by atoms with Crippen molar-refractivity contribution in [3.05, 3.63) is 53.0 Å². The van der Waals surface area contributed by atoms with Gasteiger partial charge in [0.25, 0.3) is 0 Å². The summed E-state index contributed by atoms with van der Waals surface area (Å²) < 4.78 is 0. The van der Waals surface area contributed by atoms with Gasteiger partial charge in [-0.15, -0.1) is 16.4 Å². The van der Waals surface area contributed by atoms with Gasteiger partial charge in [0.15, 0.2) is 11.6 Å². The fourth-order valence-corrected chi connectivity index (χ4v) is 4.28. The number of rotatable bonds is 5. The molecule has 0 bridgehead atoms. The highest BCUT2D eigenvalue weighted by Crippen LogP contribution is 2.30. The summed E-state index contributed by atoms with van der Waals surface area (Å²) in [6, 6.07) is 11.8. The fourth-order valence-electron chi connectivity index (χ4n) is 2.83. The normalized spacial score (nSPS) is 12.6. The Morgan fingerprint density at radius 2 is 2.08 bits per heavy atom. The summed E-state index contributed by atoms with van der Waals surface area (Å²) in [5.74, 6) is 0.822. The number of H-pyrrole nitrogens is 2. The van der Waals surface area contributed by atoms with Crippen molar-refractivity contribution in [1.29, 1.82) is 0 Å². The molecule has 0 spiro atoms. The van der Waals surface area contributed by atoms with Crippen molar-refractivity contribution in [2.45, 2.75) is 24.3 Å². The molecule has 0 amide bonds. The van der Waals surface area contributed by atoms with Gasteiger partial charge in [0.05, 0.1) is 10.1 Å². The van der Waals surface area contributed by atoms with Crippen molar-refractivity contribution in [2.75, 3.05) is 0 Å². The minimum atomic E-state index is -0.273. The first-order valence-corrected chi connectivity index (χ1v) is 9.64. The topological polar surface area (TPSA) is 74.4 Å². The largest absolute Gasteiger partial charge is 0.358 e. The third-order valence-electron chi connectivity index (χ3n) is 4.01. The summed E-state index contributed by atoms with van der Waals surface area (Å²) >= 11 is 2.97. The van der Waals surface area contributed by atoms with Gasteiger partial charge < -0.3 is 4.98 Å². The minimum Gasteiger partial charge on any atom is -0.358 e. The first kappa shape index (κ1) is 16.1. The highest BCUT2D eigenvalue weighted by Gasteiger charge is 2.23. The van der Waals surface area contributed by atoms with Crippen molar-refractivity contribution in [3.8, 4) is 10.7 Å². The van der Waals surface area contributed by atoms with E-state index >= 15 is 0 Å². The van der Waals surface area contributed by atoms with Crippen LogP contribution in [0.15, 0.2) is 46.9 Å². The number of nitrogens with zero attached hydrogens (tertiary/aromatic N) is 2. The third-order valence-corrected chi connectivity index (χ3v) is 5.85. The van der Waals surface area contributed by atoms with Gasteiger partial charge in [0.1, 0.15) is 0 Å². The van der Waals surface area contributed by atoms with E-state index in [9.17, 15) is 4.79 Å². The molecule has 0 saturated heterocycles. The van der Waals surface area contributed by atoms with Gasteiger partial charge in [0, 0.05) is 22.2 Å². The summed E-state index contributed by atoms with van der Waals surface area (Å²) in [4.78, 5) is 21.8. The van der Waals surface area contributed by atoms with E-state index in [4.69, 9.17) is 0 Å². The Balaban J connectivity index is 1.57. The lowest BCUT2D eigenvalue weighted by atomic mass is 10.1. The van der Waals surface area contributed by atoms with Crippen LogP contribution in [-0.4, -0.2) is 31.2 Å². The minimum absolute atomic E-state index is 0.0856. The Hall–Kier alpha value is -2.38. The molecule has 3 heterocycles. The number of carbonyl (C=O) groups is 1. The zero-order valence-electron chi connectivity index (χ0n) is 13.7.